The van der Waals surface area contributed by atoms with E-state index in [9.17, 15) is 0 Å². The summed E-state index contributed by atoms with van der Waals surface area (Å²) in [6.45, 7) is 1.04. The van der Waals surface area contributed by atoms with Crippen molar-refractivity contribution < 1.29 is 5.11 Å². The molecule has 0 atom stereocenters. The van der Waals surface area contributed by atoms with Crippen molar-refractivity contribution in [1.29, 1.82) is 0 Å². The highest BCUT2D eigenvalue weighted by Gasteiger charge is 2.08. The van der Waals surface area contributed by atoms with Crippen molar-refractivity contribution in [2.24, 2.45) is 0 Å². The van der Waals surface area contributed by atoms with Gasteiger partial charge < -0.3 is 9.67 Å². The molecule has 0 aliphatic heterocycles. The number of aliphatic hydroxyl groups excluding tert-OH is 1. The van der Waals surface area contributed by atoms with Gasteiger partial charge in [0.15, 0.2) is 0 Å². The molecule has 0 spiro atoms. The van der Waals surface area contributed by atoms with Gasteiger partial charge in [-0.3, -0.25) is 4.98 Å². The molecule has 0 radical (unpaired) electrons. The van der Waals surface area contributed by atoms with E-state index >= 15 is 0 Å². The molecule has 0 aliphatic carbocycles. The van der Waals surface area contributed by atoms with E-state index in [0.717, 1.165) is 18.5 Å². The van der Waals surface area contributed by atoms with Crippen LogP contribution in [0.15, 0.2) is 42.7 Å². The molecule has 0 aliphatic rings. The second kappa shape index (κ2) is 4.18. The standard InChI is InChI=1S/C14H14N2O/c17-9-3-8-16-13-5-2-1-4-11(13)12-6-7-15-10-14(12)16/h1-2,4-7,10,17H,3,8-9H2. The fraction of sp³-hybridized carbons (Fsp3) is 0.214. The second-order valence-corrected chi connectivity index (χ2v) is 4.14. The Morgan fingerprint density at radius 1 is 1.06 bits per heavy atom. The van der Waals surface area contributed by atoms with Crippen LogP contribution in [0.25, 0.3) is 21.8 Å². The third kappa shape index (κ3) is 1.59. The van der Waals surface area contributed by atoms with Crippen molar-refractivity contribution in [3.05, 3.63) is 42.7 Å². The van der Waals surface area contributed by atoms with E-state index in [2.05, 4.69) is 27.8 Å². The van der Waals surface area contributed by atoms with Gasteiger partial charge in [-0.1, -0.05) is 18.2 Å². The average Bonchev–Trinajstić information content (AvgIpc) is 2.71. The highest BCUT2D eigenvalue weighted by molar-refractivity contribution is 6.07. The summed E-state index contributed by atoms with van der Waals surface area (Å²) in [6.07, 6.45) is 4.49. The number of para-hydroxylation sites is 1. The fourth-order valence-corrected chi connectivity index (χ4v) is 2.37. The third-order valence-electron chi connectivity index (χ3n) is 3.12. The van der Waals surface area contributed by atoms with E-state index in [1.54, 1.807) is 0 Å². The summed E-state index contributed by atoms with van der Waals surface area (Å²) in [6, 6.07) is 10.4. The van der Waals surface area contributed by atoms with Crippen LogP contribution in [-0.2, 0) is 6.54 Å². The van der Waals surface area contributed by atoms with Gasteiger partial charge >= 0.3 is 0 Å². The summed E-state index contributed by atoms with van der Waals surface area (Å²) in [7, 11) is 0. The molecule has 0 saturated heterocycles. The zero-order chi connectivity index (χ0) is 11.7. The normalized spacial score (nSPS) is 11.4. The van der Waals surface area contributed by atoms with Gasteiger partial charge in [0.05, 0.1) is 11.7 Å². The molecular weight excluding hydrogens is 212 g/mol. The largest absolute Gasteiger partial charge is 0.396 e. The van der Waals surface area contributed by atoms with Crippen LogP contribution in [0, 0.1) is 0 Å². The lowest BCUT2D eigenvalue weighted by atomic mass is 10.2. The Hall–Kier alpha value is -1.87. The molecule has 0 fully saturated rings. The maximum Gasteiger partial charge on any atom is 0.0677 e. The number of aliphatic hydroxyl groups is 1. The molecule has 2 heterocycles. The average molecular weight is 226 g/mol. The van der Waals surface area contributed by atoms with Gasteiger partial charge in [-0.2, -0.15) is 0 Å². The maximum absolute atomic E-state index is 8.98. The van der Waals surface area contributed by atoms with Gasteiger partial charge in [0.25, 0.3) is 0 Å². The van der Waals surface area contributed by atoms with Gasteiger partial charge in [0, 0.05) is 35.6 Å². The Balaban J connectivity index is 2.33. The molecule has 1 aromatic carbocycles. The van der Waals surface area contributed by atoms with Gasteiger partial charge in [-0.25, -0.2) is 0 Å². The van der Waals surface area contributed by atoms with E-state index in [-0.39, 0.29) is 6.61 Å². The van der Waals surface area contributed by atoms with Crippen LogP contribution in [0.3, 0.4) is 0 Å². The Labute approximate surface area is 99.3 Å². The van der Waals surface area contributed by atoms with Crippen LogP contribution in [0.1, 0.15) is 6.42 Å². The SMILES string of the molecule is OCCCn1c2ccccc2c2ccncc21. The summed E-state index contributed by atoms with van der Waals surface area (Å²) in [4.78, 5) is 4.19. The summed E-state index contributed by atoms with van der Waals surface area (Å²) < 4.78 is 2.23. The lowest BCUT2D eigenvalue weighted by molar-refractivity contribution is 0.281. The van der Waals surface area contributed by atoms with Crippen LogP contribution < -0.4 is 0 Å². The highest BCUT2D eigenvalue weighted by atomic mass is 16.3. The molecule has 0 bridgehead atoms. The molecule has 2 aromatic heterocycles. The van der Waals surface area contributed by atoms with Gasteiger partial charge in [-0.05, 0) is 18.6 Å². The number of aromatic nitrogens is 2. The lowest BCUT2D eigenvalue weighted by Crippen LogP contribution is -1.99. The molecule has 0 saturated carbocycles. The van der Waals surface area contributed by atoms with Crippen LogP contribution in [0.2, 0.25) is 0 Å². The topological polar surface area (TPSA) is 38.0 Å². The molecule has 17 heavy (non-hydrogen) atoms. The molecule has 3 aromatic rings. The minimum Gasteiger partial charge on any atom is -0.396 e. The lowest BCUT2D eigenvalue weighted by Gasteiger charge is -2.05. The number of hydrogen-bond donors (Lipinski definition) is 1. The van der Waals surface area contributed by atoms with E-state index in [1.807, 2.05) is 24.5 Å². The van der Waals surface area contributed by atoms with Crippen LogP contribution in [0.5, 0.6) is 0 Å². The van der Waals surface area contributed by atoms with Crippen molar-refractivity contribution in [2.75, 3.05) is 6.61 Å². The van der Waals surface area contributed by atoms with E-state index in [1.165, 1.54) is 16.3 Å². The molecule has 0 unspecified atom stereocenters. The number of benzene rings is 1. The van der Waals surface area contributed by atoms with Crippen molar-refractivity contribution in [1.82, 2.24) is 9.55 Å². The predicted molar refractivity (Wildman–Crippen MR) is 68.9 cm³/mol. The van der Waals surface area contributed by atoms with Gasteiger partial charge in [0.1, 0.15) is 0 Å². The quantitative estimate of drug-likeness (QED) is 0.745. The molecule has 3 heteroatoms. The van der Waals surface area contributed by atoms with E-state index in [4.69, 9.17) is 5.11 Å². The molecule has 1 N–H and O–H groups in total. The molecular formula is C14H14N2O. The van der Waals surface area contributed by atoms with Crippen LogP contribution in [-0.4, -0.2) is 21.3 Å². The first-order chi connectivity index (χ1) is 8.42. The minimum absolute atomic E-state index is 0.217. The molecule has 86 valence electrons. The number of fused-ring (bicyclic) bond motifs is 3. The first-order valence-corrected chi connectivity index (χ1v) is 5.83. The minimum atomic E-state index is 0.217. The monoisotopic (exact) mass is 226 g/mol. The third-order valence-corrected chi connectivity index (χ3v) is 3.12. The summed E-state index contributed by atoms with van der Waals surface area (Å²) >= 11 is 0. The zero-order valence-electron chi connectivity index (χ0n) is 9.50. The molecule has 3 nitrogen and oxygen atoms in total. The van der Waals surface area contributed by atoms with Crippen LogP contribution in [0.4, 0.5) is 0 Å². The smallest absolute Gasteiger partial charge is 0.0677 e. The van der Waals surface area contributed by atoms with Crippen molar-refractivity contribution in [3.8, 4) is 0 Å². The fourth-order valence-electron chi connectivity index (χ4n) is 2.37. The summed E-state index contributed by atoms with van der Waals surface area (Å²) in [5.41, 5.74) is 2.35. The first-order valence-electron chi connectivity index (χ1n) is 5.83. The van der Waals surface area contributed by atoms with Gasteiger partial charge in [0.2, 0.25) is 0 Å². The van der Waals surface area contributed by atoms with Crippen molar-refractivity contribution >= 4 is 21.8 Å². The highest BCUT2D eigenvalue weighted by Crippen LogP contribution is 2.28. The molecule has 0 amide bonds. The van der Waals surface area contributed by atoms with Crippen molar-refractivity contribution in [2.45, 2.75) is 13.0 Å². The summed E-state index contributed by atoms with van der Waals surface area (Å²) in [5.74, 6) is 0. The predicted octanol–water partition coefficient (Wildman–Crippen LogP) is 2.57. The Morgan fingerprint density at radius 3 is 2.76 bits per heavy atom. The van der Waals surface area contributed by atoms with E-state index < -0.39 is 0 Å². The number of aryl methyl sites for hydroxylation is 1. The van der Waals surface area contributed by atoms with Gasteiger partial charge in [-0.15, -0.1) is 0 Å². The number of nitrogens with zero attached hydrogens (tertiary/aromatic N) is 2. The van der Waals surface area contributed by atoms with Crippen molar-refractivity contribution in [3.63, 3.8) is 0 Å². The maximum atomic E-state index is 8.98. The zero-order valence-corrected chi connectivity index (χ0v) is 9.50. The summed E-state index contributed by atoms with van der Waals surface area (Å²) in [5, 5.41) is 11.5. The Morgan fingerprint density at radius 2 is 1.88 bits per heavy atom. The second-order valence-electron chi connectivity index (χ2n) is 4.14. The van der Waals surface area contributed by atoms with E-state index in [0.29, 0.717) is 0 Å². The molecule has 3 rings (SSSR count). The number of rotatable bonds is 3. The van der Waals surface area contributed by atoms with Crippen LogP contribution >= 0.6 is 0 Å². The Bertz CT molecular complexity index is 604. The Kier molecular flexibility index (Phi) is 2.53. The first kappa shape index (κ1) is 10.3. The number of hydrogen-bond acceptors (Lipinski definition) is 2. The number of pyridine rings is 1.